The first-order chi connectivity index (χ1) is 7.56. The first-order valence-corrected chi connectivity index (χ1v) is 5.15. The van der Waals surface area contributed by atoms with E-state index in [-0.39, 0.29) is 24.7 Å². The van der Waals surface area contributed by atoms with Crippen molar-refractivity contribution in [3.63, 3.8) is 0 Å². The summed E-state index contributed by atoms with van der Waals surface area (Å²) >= 11 is 0. The van der Waals surface area contributed by atoms with Crippen LogP contribution in [0.3, 0.4) is 0 Å². The van der Waals surface area contributed by atoms with Crippen molar-refractivity contribution in [2.45, 2.75) is 13.3 Å². The number of hydrogen-bond donors (Lipinski definition) is 0. The van der Waals surface area contributed by atoms with Gasteiger partial charge in [0.25, 0.3) is 0 Å². The van der Waals surface area contributed by atoms with Crippen molar-refractivity contribution in [2.24, 2.45) is 11.8 Å². The molecular weight excluding hydrogens is 212 g/mol. The van der Waals surface area contributed by atoms with Crippen LogP contribution < -0.4 is 0 Å². The van der Waals surface area contributed by atoms with Crippen LogP contribution in [0.4, 0.5) is 0 Å². The fourth-order valence-electron chi connectivity index (χ4n) is 1.37. The smallest absolute Gasteiger partial charge is 0.311 e. The first-order valence-electron chi connectivity index (χ1n) is 5.15. The van der Waals surface area contributed by atoms with Crippen LogP contribution in [-0.4, -0.2) is 46.3 Å². The van der Waals surface area contributed by atoms with E-state index in [0.717, 1.165) is 0 Å². The number of esters is 1. The van der Waals surface area contributed by atoms with Crippen molar-refractivity contribution in [3.8, 4) is 0 Å². The Labute approximate surface area is 96.1 Å². The maximum absolute atomic E-state index is 11.7. The molecule has 5 heteroatoms. The van der Waals surface area contributed by atoms with Crippen molar-refractivity contribution in [1.82, 2.24) is 0 Å². The van der Waals surface area contributed by atoms with Gasteiger partial charge in [-0.05, 0) is 0 Å². The fourth-order valence-corrected chi connectivity index (χ4v) is 1.37. The number of rotatable bonds is 8. The lowest BCUT2D eigenvalue weighted by atomic mass is 9.96. The minimum absolute atomic E-state index is 0.0192. The third kappa shape index (κ3) is 5.23. The summed E-state index contributed by atoms with van der Waals surface area (Å²) in [5.41, 5.74) is 0. The molecule has 0 saturated carbocycles. The third-order valence-corrected chi connectivity index (χ3v) is 2.32. The maximum atomic E-state index is 11.7. The van der Waals surface area contributed by atoms with E-state index in [9.17, 15) is 9.59 Å². The van der Waals surface area contributed by atoms with E-state index in [1.165, 1.54) is 21.3 Å². The van der Waals surface area contributed by atoms with Crippen LogP contribution in [-0.2, 0) is 23.8 Å². The van der Waals surface area contributed by atoms with Gasteiger partial charge in [-0.15, -0.1) is 0 Å². The van der Waals surface area contributed by atoms with Crippen LogP contribution >= 0.6 is 0 Å². The van der Waals surface area contributed by atoms with Crippen molar-refractivity contribution in [2.75, 3.05) is 34.5 Å². The highest BCUT2D eigenvalue weighted by molar-refractivity contribution is 5.86. The lowest BCUT2D eigenvalue weighted by molar-refractivity contribution is -0.149. The normalized spacial score (nSPS) is 14.2. The molecule has 0 aliphatic heterocycles. The van der Waals surface area contributed by atoms with E-state index in [1.807, 2.05) is 0 Å². The molecule has 0 heterocycles. The van der Waals surface area contributed by atoms with Gasteiger partial charge in [0.05, 0.1) is 26.2 Å². The second kappa shape index (κ2) is 8.24. The van der Waals surface area contributed by atoms with Crippen LogP contribution in [0.2, 0.25) is 0 Å². The van der Waals surface area contributed by atoms with E-state index in [1.54, 1.807) is 6.92 Å². The number of ether oxygens (including phenoxy) is 3. The highest BCUT2D eigenvalue weighted by Crippen LogP contribution is 2.11. The maximum Gasteiger partial charge on any atom is 0.311 e. The lowest BCUT2D eigenvalue weighted by Crippen LogP contribution is -2.27. The minimum atomic E-state index is -0.526. The van der Waals surface area contributed by atoms with Gasteiger partial charge < -0.3 is 14.2 Å². The number of hydrogen-bond acceptors (Lipinski definition) is 5. The fraction of sp³-hybridized carbons (Fsp3) is 0.818. The summed E-state index contributed by atoms with van der Waals surface area (Å²) in [6.45, 7) is 2.32. The molecule has 0 aromatic rings. The molecule has 0 fully saturated rings. The topological polar surface area (TPSA) is 61.8 Å². The third-order valence-electron chi connectivity index (χ3n) is 2.32. The zero-order chi connectivity index (χ0) is 12.6. The molecule has 0 bridgehead atoms. The Hall–Kier alpha value is -0.940. The van der Waals surface area contributed by atoms with Gasteiger partial charge in [-0.1, -0.05) is 6.92 Å². The number of ketones is 1. The average Bonchev–Trinajstić information content (AvgIpc) is 2.27. The predicted octanol–water partition coefficient (Wildman–Crippen LogP) is 0.664. The summed E-state index contributed by atoms with van der Waals surface area (Å²) < 4.78 is 14.4. The Morgan fingerprint density at radius 3 is 2.06 bits per heavy atom. The van der Waals surface area contributed by atoms with Gasteiger partial charge in [-0.25, -0.2) is 0 Å². The van der Waals surface area contributed by atoms with Gasteiger partial charge >= 0.3 is 5.97 Å². The molecule has 0 aliphatic rings. The quantitative estimate of drug-likeness (QED) is 0.575. The van der Waals surface area contributed by atoms with Gasteiger partial charge in [0.1, 0.15) is 5.78 Å². The Kier molecular flexibility index (Phi) is 7.76. The van der Waals surface area contributed by atoms with Crippen molar-refractivity contribution >= 4 is 11.8 Å². The Morgan fingerprint density at radius 2 is 1.62 bits per heavy atom. The summed E-state index contributed by atoms with van der Waals surface area (Å²) in [4.78, 5) is 23.0. The van der Waals surface area contributed by atoms with E-state index in [2.05, 4.69) is 4.74 Å². The van der Waals surface area contributed by atoms with Crippen LogP contribution in [0.5, 0.6) is 0 Å². The summed E-state index contributed by atoms with van der Waals surface area (Å²) in [6, 6.07) is 0. The molecule has 0 saturated heterocycles. The molecule has 94 valence electrons. The second-order valence-electron chi connectivity index (χ2n) is 3.70. The van der Waals surface area contributed by atoms with Crippen molar-refractivity contribution in [1.29, 1.82) is 0 Å². The zero-order valence-corrected chi connectivity index (χ0v) is 10.3. The number of carbonyl (C=O) groups excluding carboxylic acids is 2. The Morgan fingerprint density at radius 1 is 1.06 bits per heavy atom. The van der Waals surface area contributed by atoms with Gasteiger partial charge in [0.2, 0.25) is 0 Å². The molecule has 0 rings (SSSR count). The monoisotopic (exact) mass is 232 g/mol. The van der Waals surface area contributed by atoms with E-state index in [0.29, 0.717) is 6.61 Å². The van der Waals surface area contributed by atoms with Gasteiger partial charge in [0, 0.05) is 26.6 Å². The standard InChI is InChI=1S/C11H20O5/c1-8(6-14-2)10(12)5-9(7-15-3)11(13)16-4/h8-9H,5-7H2,1-4H3/t8-,9-/m0/s1. The Balaban J connectivity index is 4.27. The SMILES string of the molecule is COC[C@H](CC(=O)[C@@H](C)COC)C(=O)OC. The largest absolute Gasteiger partial charge is 0.469 e. The highest BCUT2D eigenvalue weighted by Gasteiger charge is 2.25. The molecule has 0 unspecified atom stereocenters. The second-order valence-corrected chi connectivity index (χ2v) is 3.70. The number of methoxy groups -OCH3 is 3. The first kappa shape index (κ1) is 15.1. The summed E-state index contributed by atoms with van der Waals surface area (Å²) in [6.07, 6.45) is 0.130. The molecule has 0 aromatic heterocycles. The highest BCUT2D eigenvalue weighted by atomic mass is 16.5. The molecule has 0 aliphatic carbocycles. The molecule has 5 nitrogen and oxygen atoms in total. The van der Waals surface area contributed by atoms with Crippen LogP contribution in [0.1, 0.15) is 13.3 Å². The number of carbonyl (C=O) groups is 2. The molecule has 0 spiro atoms. The molecule has 0 amide bonds. The van der Waals surface area contributed by atoms with Crippen molar-refractivity contribution < 1.29 is 23.8 Å². The summed E-state index contributed by atoms with van der Waals surface area (Å²) in [5, 5.41) is 0. The van der Waals surface area contributed by atoms with E-state index >= 15 is 0 Å². The number of Topliss-reactive ketones (excluding diaryl/α,β-unsaturated/α-hetero) is 1. The molecule has 16 heavy (non-hydrogen) atoms. The zero-order valence-electron chi connectivity index (χ0n) is 10.3. The van der Waals surface area contributed by atoms with E-state index < -0.39 is 11.9 Å². The predicted molar refractivity (Wildman–Crippen MR) is 58.0 cm³/mol. The minimum Gasteiger partial charge on any atom is -0.469 e. The Bertz CT molecular complexity index is 226. The lowest BCUT2D eigenvalue weighted by Gasteiger charge is -2.15. The van der Waals surface area contributed by atoms with Crippen LogP contribution in [0, 0.1) is 11.8 Å². The summed E-state index contributed by atoms with van der Waals surface area (Å²) in [5.74, 6) is -1.18. The molecule has 2 atom stereocenters. The van der Waals surface area contributed by atoms with Gasteiger partial charge in [0.15, 0.2) is 0 Å². The molecule has 0 aromatic carbocycles. The van der Waals surface area contributed by atoms with Gasteiger partial charge in [-0.2, -0.15) is 0 Å². The molecule has 0 N–H and O–H groups in total. The van der Waals surface area contributed by atoms with Crippen LogP contribution in [0.15, 0.2) is 0 Å². The van der Waals surface area contributed by atoms with Crippen molar-refractivity contribution in [3.05, 3.63) is 0 Å². The van der Waals surface area contributed by atoms with Crippen LogP contribution in [0.25, 0.3) is 0 Å². The van der Waals surface area contributed by atoms with E-state index in [4.69, 9.17) is 9.47 Å². The van der Waals surface area contributed by atoms with Gasteiger partial charge in [-0.3, -0.25) is 9.59 Å². The summed E-state index contributed by atoms with van der Waals surface area (Å²) in [7, 11) is 4.32. The molecular formula is C11H20O5. The molecule has 0 radical (unpaired) electrons. The average molecular weight is 232 g/mol.